The quantitative estimate of drug-likeness (QED) is 0.607. The van der Waals surface area contributed by atoms with Crippen LogP contribution in [-0.4, -0.2) is 40.6 Å². The van der Waals surface area contributed by atoms with E-state index in [9.17, 15) is 14.4 Å². The van der Waals surface area contributed by atoms with E-state index in [1.165, 1.54) is 13.1 Å². The lowest BCUT2D eigenvalue weighted by atomic mass is 10.1. The number of benzene rings is 1. The number of hydrogen-bond acceptors (Lipinski definition) is 5. The normalized spacial score (nSPS) is 10.4. The van der Waals surface area contributed by atoms with Crippen molar-refractivity contribution in [3.8, 4) is 0 Å². The summed E-state index contributed by atoms with van der Waals surface area (Å²) in [6.45, 7) is 3.45. The molecule has 132 valence electrons. The molecule has 0 aliphatic carbocycles. The number of aromatic nitrogens is 2. The van der Waals surface area contributed by atoms with Gasteiger partial charge in [-0.3, -0.25) is 14.3 Å². The van der Waals surface area contributed by atoms with Gasteiger partial charge in [-0.1, -0.05) is 24.3 Å². The lowest BCUT2D eigenvalue weighted by Crippen LogP contribution is -2.22. The van der Waals surface area contributed by atoms with E-state index in [0.29, 0.717) is 29.8 Å². The van der Waals surface area contributed by atoms with Crippen LogP contribution in [0.4, 0.5) is 0 Å². The number of ketones is 1. The molecule has 1 aromatic carbocycles. The standard InChI is InChI=1S/C18H21N3O4/c1-12-16(10-20-21(12)3)18(24)25-11-17(23)15-6-4-14(5-7-15)8-9-19-13(2)22/h4-7,10H,8-9,11H2,1-3H3,(H,19,22). The molecule has 0 aliphatic rings. The number of esters is 1. The zero-order valence-corrected chi connectivity index (χ0v) is 14.5. The van der Waals surface area contributed by atoms with Crippen LogP contribution in [0.3, 0.4) is 0 Å². The van der Waals surface area contributed by atoms with E-state index in [4.69, 9.17) is 4.74 Å². The highest BCUT2D eigenvalue weighted by atomic mass is 16.5. The minimum atomic E-state index is -0.564. The van der Waals surface area contributed by atoms with Crippen LogP contribution in [0, 0.1) is 6.92 Å². The summed E-state index contributed by atoms with van der Waals surface area (Å²) in [5, 5.41) is 6.69. The maximum absolute atomic E-state index is 12.1. The second-order valence-corrected chi connectivity index (χ2v) is 5.70. The first-order chi connectivity index (χ1) is 11.9. The molecule has 2 aromatic rings. The Morgan fingerprint density at radius 2 is 1.88 bits per heavy atom. The molecule has 0 bridgehead atoms. The van der Waals surface area contributed by atoms with E-state index in [1.54, 1.807) is 30.8 Å². The largest absolute Gasteiger partial charge is 0.454 e. The van der Waals surface area contributed by atoms with Gasteiger partial charge < -0.3 is 10.1 Å². The molecule has 0 unspecified atom stereocenters. The van der Waals surface area contributed by atoms with Crippen molar-refractivity contribution >= 4 is 17.7 Å². The number of ether oxygens (including phenoxy) is 1. The Labute approximate surface area is 146 Å². The summed E-state index contributed by atoms with van der Waals surface area (Å²) in [5.74, 6) is -0.911. The molecule has 1 amide bonds. The predicted molar refractivity (Wildman–Crippen MR) is 91.4 cm³/mol. The molecule has 0 saturated heterocycles. The number of hydrogen-bond donors (Lipinski definition) is 1. The topological polar surface area (TPSA) is 90.3 Å². The summed E-state index contributed by atoms with van der Waals surface area (Å²) in [6, 6.07) is 7.02. The van der Waals surface area contributed by atoms with E-state index >= 15 is 0 Å². The van der Waals surface area contributed by atoms with Crippen molar-refractivity contribution in [3.63, 3.8) is 0 Å². The zero-order chi connectivity index (χ0) is 18.4. The lowest BCUT2D eigenvalue weighted by molar-refractivity contribution is -0.118. The van der Waals surface area contributed by atoms with Crippen LogP contribution in [0.25, 0.3) is 0 Å². The highest BCUT2D eigenvalue weighted by Gasteiger charge is 2.16. The van der Waals surface area contributed by atoms with Crippen LogP contribution in [0.1, 0.15) is 38.9 Å². The summed E-state index contributed by atoms with van der Waals surface area (Å²) < 4.78 is 6.64. The van der Waals surface area contributed by atoms with Crippen LogP contribution < -0.4 is 5.32 Å². The Bertz CT molecular complexity index is 778. The van der Waals surface area contributed by atoms with Gasteiger partial charge in [0.2, 0.25) is 5.91 Å². The van der Waals surface area contributed by atoms with Gasteiger partial charge in [0.05, 0.1) is 6.20 Å². The van der Waals surface area contributed by atoms with Gasteiger partial charge in [-0.15, -0.1) is 0 Å². The molecule has 1 aromatic heterocycles. The first-order valence-corrected chi connectivity index (χ1v) is 7.90. The minimum Gasteiger partial charge on any atom is -0.454 e. The average molecular weight is 343 g/mol. The van der Waals surface area contributed by atoms with Gasteiger partial charge in [-0.25, -0.2) is 4.79 Å². The SMILES string of the molecule is CC(=O)NCCc1ccc(C(=O)COC(=O)c2cnn(C)c2C)cc1. The van der Waals surface area contributed by atoms with Crippen molar-refractivity contribution < 1.29 is 19.1 Å². The number of nitrogens with one attached hydrogen (secondary N) is 1. The van der Waals surface area contributed by atoms with Crippen molar-refractivity contribution in [2.45, 2.75) is 20.3 Å². The molecule has 1 heterocycles. The molecule has 25 heavy (non-hydrogen) atoms. The van der Waals surface area contributed by atoms with Crippen LogP contribution in [0.5, 0.6) is 0 Å². The molecule has 0 radical (unpaired) electrons. The van der Waals surface area contributed by atoms with Crippen molar-refractivity contribution in [1.82, 2.24) is 15.1 Å². The summed E-state index contributed by atoms with van der Waals surface area (Å²) in [6.07, 6.45) is 2.11. The van der Waals surface area contributed by atoms with Gasteiger partial charge in [-0.05, 0) is 18.9 Å². The highest BCUT2D eigenvalue weighted by molar-refractivity contribution is 5.99. The number of rotatable bonds is 7. The molecule has 0 fully saturated rings. The van der Waals surface area contributed by atoms with E-state index in [1.807, 2.05) is 12.1 Å². The van der Waals surface area contributed by atoms with Crippen LogP contribution in [0.15, 0.2) is 30.5 Å². The molecule has 0 spiro atoms. The fourth-order valence-electron chi connectivity index (χ4n) is 2.23. The first kappa shape index (κ1) is 18.4. The number of carbonyl (C=O) groups excluding carboxylic acids is 3. The van der Waals surface area contributed by atoms with Crippen molar-refractivity contribution in [1.29, 1.82) is 0 Å². The zero-order valence-electron chi connectivity index (χ0n) is 14.5. The smallest absolute Gasteiger partial charge is 0.342 e. The van der Waals surface area contributed by atoms with E-state index in [-0.39, 0.29) is 18.3 Å². The second-order valence-electron chi connectivity index (χ2n) is 5.70. The number of amides is 1. The highest BCUT2D eigenvalue weighted by Crippen LogP contribution is 2.09. The Morgan fingerprint density at radius 1 is 1.20 bits per heavy atom. The molecule has 7 nitrogen and oxygen atoms in total. The van der Waals surface area contributed by atoms with Crippen LogP contribution >= 0.6 is 0 Å². The maximum Gasteiger partial charge on any atom is 0.342 e. The van der Waals surface area contributed by atoms with Gasteiger partial charge in [-0.2, -0.15) is 5.10 Å². The summed E-state index contributed by atoms with van der Waals surface area (Å²) in [5.41, 5.74) is 2.51. The molecular weight excluding hydrogens is 322 g/mol. The molecular formula is C18H21N3O4. The number of carbonyl (C=O) groups is 3. The minimum absolute atomic E-state index is 0.0718. The molecule has 7 heteroatoms. The summed E-state index contributed by atoms with van der Waals surface area (Å²) in [4.78, 5) is 34.9. The van der Waals surface area contributed by atoms with Gasteiger partial charge in [0, 0.05) is 31.8 Å². The third kappa shape index (κ3) is 5.00. The Balaban J connectivity index is 1.87. The number of aryl methyl sites for hydroxylation is 1. The van der Waals surface area contributed by atoms with E-state index in [2.05, 4.69) is 10.4 Å². The molecule has 0 atom stereocenters. The fourth-order valence-corrected chi connectivity index (χ4v) is 2.23. The number of Topliss-reactive ketones (excluding diaryl/α,β-unsaturated/α-hetero) is 1. The van der Waals surface area contributed by atoms with Crippen molar-refractivity contribution in [2.24, 2.45) is 7.05 Å². The van der Waals surface area contributed by atoms with Gasteiger partial charge in [0.15, 0.2) is 12.4 Å². The number of nitrogens with zero attached hydrogens (tertiary/aromatic N) is 2. The second kappa shape index (κ2) is 8.23. The van der Waals surface area contributed by atoms with Gasteiger partial charge in [0.1, 0.15) is 5.56 Å². The maximum atomic E-state index is 12.1. The Hall–Kier alpha value is -2.96. The molecule has 0 saturated carbocycles. The molecule has 2 rings (SSSR count). The fraction of sp³-hybridized carbons (Fsp3) is 0.333. The Morgan fingerprint density at radius 3 is 2.44 bits per heavy atom. The predicted octanol–water partition coefficient (Wildman–Crippen LogP) is 1.45. The average Bonchev–Trinajstić information content (AvgIpc) is 2.92. The molecule has 0 aliphatic heterocycles. The monoisotopic (exact) mass is 343 g/mol. The van der Waals surface area contributed by atoms with E-state index < -0.39 is 5.97 Å². The first-order valence-electron chi connectivity index (χ1n) is 7.90. The van der Waals surface area contributed by atoms with E-state index in [0.717, 1.165) is 5.56 Å². The van der Waals surface area contributed by atoms with Crippen LogP contribution in [0.2, 0.25) is 0 Å². The van der Waals surface area contributed by atoms with Crippen molar-refractivity contribution in [3.05, 3.63) is 52.8 Å². The van der Waals surface area contributed by atoms with Gasteiger partial charge in [0.25, 0.3) is 0 Å². The van der Waals surface area contributed by atoms with Gasteiger partial charge >= 0.3 is 5.97 Å². The van der Waals surface area contributed by atoms with Crippen molar-refractivity contribution in [2.75, 3.05) is 13.2 Å². The van der Waals surface area contributed by atoms with Crippen LogP contribution in [-0.2, 0) is 23.0 Å². The summed E-state index contributed by atoms with van der Waals surface area (Å²) in [7, 11) is 1.73. The Kier molecular flexibility index (Phi) is 6.05. The summed E-state index contributed by atoms with van der Waals surface area (Å²) >= 11 is 0. The third-order valence-electron chi connectivity index (χ3n) is 3.85. The molecule has 1 N–H and O–H groups in total. The third-order valence-corrected chi connectivity index (χ3v) is 3.85. The lowest BCUT2D eigenvalue weighted by Gasteiger charge is -2.06.